The normalized spacial score (nSPS) is 10.9. The molecule has 0 saturated heterocycles. The molecule has 0 fully saturated rings. The minimum Gasteiger partial charge on any atom is -0.329 e. The largest absolute Gasteiger partial charge is 0.329 e. The van der Waals surface area contributed by atoms with Crippen molar-refractivity contribution in [1.29, 1.82) is 0 Å². The smallest absolute Gasteiger partial charge is 0.179 e. The highest BCUT2D eigenvalue weighted by molar-refractivity contribution is 7.71. The molecule has 0 spiro atoms. The molecule has 3 heterocycles. The third-order valence-electron chi connectivity index (χ3n) is 2.82. The van der Waals surface area contributed by atoms with Gasteiger partial charge in [-0.2, -0.15) is 10.2 Å². The van der Waals surface area contributed by atoms with Crippen molar-refractivity contribution in [3.8, 4) is 0 Å². The lowest BCUT2D eigenvalue weighted by atomic mass is 10.3. The Hall–Kier alpha value is -2.08. The molecule has 0 aromatic carbocycles. The van der Waals surface area contributed by atoms with E-state index in [1.807, 2.05) is 29.7 Å². The molecule has 5 nitrogen and oxygen atoms in total. The van der Waals surface area contributed by atoms with Gasteiger partial charge in [-0.1, -0.05) is 0 Å². The highest BCUT2D eigenvalue weighted by Crippen LogP contribution is 2.16. The summed E-state index contributed by atoms with van der Waals surface area (Å²) < 4.78 is 2.58. The van der Waals surface area contributed by atoms with E-state index in [0.717, 1.165) is 22.4 Å². The first-order chi connectivity index (χ1) is 8.75. The molecule has 0 amide bonds. The van der Waals surface area contributed by atoms with E-state index in [4.69, 9.17) is 12.2 Å². The van der Waals surface area contributed by atoms with Gasteiger partial charge in [-0.3, -0.25) is 4.57 Å². The molecule has 0 saturated carbocycles. The first-order valence-corrected chi connectivity index (χ1v) is 5.97. The Labute approximate surface area is 109 Å². The first kappa shape index (κ1) is 11.0. The quantitative estimate of drug-likeness (QED) is 0.715. The van der Waals surface area contributed by atoms with Crippen LogP contribution in [-0.4, -0.2) is 24.7 Å². The molecule has 3 rings (SSSR count). The summed E-state index contributed by atoms with van der Waals surface area (Å²) in [5, 5.41) is 7.93. The van der Waals surface area contributed by atoms with Crippen molar-refractivity contribution in [1.82, 2.24) is 24.7 Å². The summed E-state index contributed by atoms with van der Waals surface area (Å²) in [6.45, 7) is 2.60. The Kier molecular flexibility index (Phi) is 2.64. The van der Waals surface area contributed by atoms with Crippen LogP contribution in [0.3, 0.4) is 0 Å². The molecule has 90 valence electrons. The van der Waals surface area contributed by atoms with E-state index in [2.05, 4.69) is 20.2 Å². The first-order valence-electron chi connectivity index (χ1n) is 5.56. The van der Waals surface area contributed by atoms with E-state index in [-0.39, 0.29) is 0 Å². The topological polar surface area (TPSA) is 59.4 Å². The molecule has 0 aliphatic rings. The van der Waals surface area contributed by atoms with Crippen LogP contribution in [-0.2, 0) is 6.54 Å². The number of hydrogen-bond acceptors (Lipinski definition) is 4. The van der Waals surface area contributed by atoms with Gasteiger partial charge in [0.1, 0.15) is 0 Å². The van der Waals surface area contributed by atoms with Gasteiger partial charge in [0.2, 0.25) is 0 Å². The molecule has 0 radical (unpaired) electrons. The summed E-state index contributed by atoms with van der Waals surface area (Å²) in [5.41, 5.74) is 3.82. The minimum atomic E-state index is 0.573. The molecular weight excluding hydrogens is 246 g/mol. The number of nitrogens with zero attached hydrogens (tertiary/aromatic N) is 4. The van der Waals surface area contributed by atoms with Crippen LogP contribution in [0.2, 0.25) is 0 Å². The van der Waals surface area contributed by atoms with E-state index in [1.54, 1.807) is 12.4 Å². The van der Waals surface area contributed by atoms with E-state index >= 15 is 0 Å². The molecule has 18 heavy (non-hydrogen) atoms. The average molecular weight is 257 g/mol. The maximum atomic E-state index is 5.33. The zero-order chi connectivity index (χ0) is 12.5. The van der Waals surface area contributed by atoms with E-state index in [0.29, 0.717) is 11.3 Å². The molecule has 3 aromatic heterocycles. The van der Waals surface area contributed by atoms with E-state index in [1.165, 1.54) is 0 Å². The number of aromatic amines is 1. The molecule has 0 aliphatic carbocycles. The van der Waals surface area contributed by atoms with Crippen LogP contribution in [0.4, 0.5) is 0 Å². The number of nitrogens with one attached hydrogen (secondary N) is 1. The average Bonchev–Trinajstić information content (AvgIpc) is 2.70. The zero-order valence-electron chi connectivity index (χ0n) is 9.79. The maximum absolute atomic E-state index is 5.33. The van der Waals surface area contributed by atoms with Crippen LogP contribution < -0.4 is 0 Å². The molecule has 1 N–H and O–H groups in total. The van der Waals surface area contributed by atoms with Gasteiger partial charge in [-0.15, -0.1) is 0 Å². The Morgan fingerprint density at radius 1 is 1.33 bits per heavy atom. The number of pyridine rings is 1. The summed E-state index contributed by atoms with van der Waals surface area (Å²) in [5.74, 6) is 0. The summed E-state index contributed by atoms with van der Waals surface area (Å²) in [7, 11) is 0. The predicted octanol–water partition coefficient (Wildman–Crippen LogP) is 2.24. The molecule has 0 bridgehead atoms. The van der Waals surface area contributed by atoms with Crippen LogP contribution in [0.15, 0.2) is 30.6 Å². The van der Waals surface area contributed by atoms with Crippen molar-refractivity contribution in [2.75, 3.05) is 0 Å². The SMILES string of the molecule is Cc1ccnc2c1[nH]c(=S)n2Cc1cccnn1. The van der Waals surface area contributed by atoms with Crippen LogP contribution in [0.5, 0.6) is 0 Å². The van der Waals surface area contributed by atoms with E-state index in [9.17, 15) is 0 Å². The lowest BCUT2D eigenvalue weighted by molar-refractivity contribution is 0.756. The van der Waals surface area contributed by atoms with Crippen LogP contribution >= 0.6 is 12.2 Å². The number of aromatic nitrogens is 5. The number of hydrogen-bond donors (Lipinski definition) is 1. The molecule has 0 unspecified atom stereocenters. The fourth-order valence-corrected chi connectivity index (χ4v) is 2.15. The number of H-pyrrole nitrogens is 1. The van der Waals surface area contributed by atoms with Gasteiger partial charge in [-0.05, 0) is 42.9 Å². The number of imidazole rings is 1. The van der Waals surface area contributed by atoms with Crippen LogP contribution in [0.25, 0.3) is 11.2 Å². The Bertz CT molecular complexity index is 744. The molecule has 0 atom stereocenters. The summed E-state index contributed by atoms with van der Waals surface area (Å²) in [6.07, 6.45) is 3.44. The minimum absolute atomic E-state index is 0.573. The second-order valence-corrected chi connectivity index (χ2v) is 4.44. The number of fused-ring (bicyclic) bond motifs is 1. The summed E-state index contributed by atoms with van der Waals surface area (Å²) >= 11 is 5.33. The Balaban J connectivity index is 2.15. The molecule has 3 aromatic rings. The van der Waals surface area contributed by atoms with Crippen molar-refractivity contribution in [2.24, 2.45) is 0 Å². The number of rotatable bonds is 2. The van der Waals surface area contributed by atoms with Gasteiger partial charge in [0, 0.05) is 12.4 Å². The fraction of sp³-hybridized carbons (Fsp3) is 0.167. The molecule has 0 aliphatic heterocycles. The van der Waals surface area contributed by atoms with Crippen molar-refractivity contribution in [3.05, 3.63) is 46.6 Å². The Morgan fingerprint density at radius 2 is 2.22 bits per heavy atom. The molecular formula is C12H11N5S. The summed E-state index contributed by atoms with van der Waals surface area (Å²) in [4.78, 5) is 7.56. The maximum Gasteiger partial charge on any atom is 0.179 e. The van der Waals surface area contributed by atoms with Gasteiger partial charge in [-0.25, -0.2) is 4.98 Å². The third-order valence-corrected chi connectivity index (χ3v) is 3.14. The van der Waals surface area contributed by atoms with Crippen LogP contribution in [0.1, 0.15) is 11.3 Å². The standard InChI is InChI=1S/C12H11N5S/c1-8-4-6-13-11-10(8)15-12(18)17(11)7-9-3-2-5-14-16-9/h2-6H,7H2,1H3,(H,15,18). The number of aryl methyl sites for hydroxylation is 1. The van der Waals surface area contributed by atoms with Crippen molar-refractivity contribution >= 4 is 23.4 Å². The Morgan fingerprint density at radius 3 is 3.00 bits per heavy atom. The van der Waals surface area contributed by atoms with Gasteiger partial charge in [0.25, 0.3) is 0 Å². The molecule has 6 heteroatoms. The van der Waals surface area contributed by atoms with Crippen molar-refractivity contribution in [3.63, 3.8) is 0 Å². The van der Waals surface area contributed by atoms with Gasteiger partial charge in [0.15, 0.2) is 10.4 Å². The van der Waals surface area contributed by atoms with Gasteiger partial charge in [0.05, 0.1) is 17.8 Å². The van der Waals surface area contributed by atoms with Gasteiger partial charge < -0.3 is 4.98 Å². The lowest BCUT2D eigenvalue weighted by Gasteiger charge is -2.02. The zero-order valence-corrected chi connectivity index (χ0v) is 10.6. The monoisotopic (exact) mass is 257 g/mol. The van der Waals surface area contributed by atoms with Crippen molar-refractivity contribution < 1.29 is 0 Å². The second-order valence-electron chi connectivity index (χ2n) is 4.06. The summed E-state index contributed by atoms with van der Waals surface area (Å²) in [6, 6.07) is 5.74. The third kappa shape index (κ3) is 1.80. The van der Waals surface area contributed by atoms with Crippen molar-refractivity contribution in [2.45, 2.75) is 13.5 Å². The van der Waals surface area contributed by atoms with E-state index < -0.39 is 0 Å². The lowest BCUT2D eigenvalue weighted by Crippen LogP contribution is -2.03. The highest BCUT2D eigenvalue weighted by atomic mass is 32.1. The predicted molar refractivity (Wildman–Crippen MR) is 70.8 cm³/mol. The highest BCUT2D eigenvalue weighted by Gasteiger charge is 2.08. The second kappa shape index (κ2) is 4.30. The van der Waals surface area contributed by atoms with Crippen LogP contribution in [0, 0.1) is 11.7 Å². The fourth-order valence-electron chi connectivity index (χ4n) is 1.90. The van der Waals surface area contributed by atoms with Gasteiger partial charge >= 0.3 is 0 Å².